The summed E-state index contributed by atoms with van der Waals surface area (Å²) < 4.78 is 51.1. The largest absolute Gasteiger partial charge is 0.454 e. The molecule has 10 heteroatoms. The van der Waals surface area contributed by atoms with Crippen LogP contribution < -0.4 is 14.2 Å². The molecule has 31 heavy (non-hydrogen) atoms. The van der Waals surface area contributed by atoms with E-state index in [1.165, 1.54) is 19.1 Å². The molecule has 4 rings (SSSR count). The highest BCUT2D eigenvalue weighted by atomic mass is 32.2. The van der Waals surface area contributed by atoms with Gasteiger partial charge >= 0.3 is 0 Å². The lowest BCUT2D eigenvalue weighted by Gasteiger charge is -2.36. The van der Waals surface area contributed by atoms with Crippen LogP contribution in [0.25, 0.3) is 0 Å². The zero-order valence-corrected chi connectivity index (χ0v) is 17.9. The van der Waals surface area contributed by atoms with Crippen LogP contribution in [0, 0.1) is 5.82 Å². The predicted octanol–water partition coefficient (Wildman–Crippen LogP) is 1.57. The summed E-state index contributed by atoms with van der Waals surface area (Å²) in [6, 6.07) is 9.42. The van der Waals surface area contributed by atoms with Crippen molar-refractivity contribution in [1.29, 1.82) is 0 Å². The first kappa shape index (κ1) is 21.5. The fraction of sp³-hybridized carbons (Fsp3) is 0.381. The van der Waals surface area contributed by atoms with Gasteiger partial charge in [-0.3, -0.25) is 9.69 Å². The SMILES string of the molecule is C[C@@H](NS(=O)(=O)c1ccc(F)cc1)C(=O)N1CCN(Cc2ccc3c(c2)OCO3)CC1. The van der Waals surface area contributed by atoms with Crippen LogP contribution >= 0.6 is 0 Å². The maximum atomic E-state index is 13.0. The van der Waals surface area contributed by atoms with E-state index >= 15 is 0 Å². The van der Waals surface area contributed by atoms with Crippen molar-refractivity contribution in [3.05, 3.63) is 53.8 Å². The maximum Gasteiger partial charge on any atom is 0.241 e. The molecule has 0 radical (unpaired) electrons. The summed E-state index contributed by atoms with van der Waals surface area (Å²) in [5.41, 5.74) is 1.10. The topological polar surface area (TPSA) is 88.2 Å². The lowest BCUT2D eigenvalue weighted by atomic mass is 10.1. The van der Waals surface area contributed by atoms with Crippen LogP contribution in [0.1, 0.15) is 12.5 Å². The first-order valence-corrected chi connectivity index (χ1v) is 11.5. The van der Waals surface area contributed by atoms with Gasteiger partial charge in [0, 0.05) is 32.7 Å². The number of benzene rings is 2. The number of hydrogen-bond acceptors (Lipinski definition) is 6. The zero-order valence-electron chi connectivity index (χ0n) is 17.1. The van der Waals surface area contributed by atoms with Crippen molar-refractivity contribution < 1.29 is 27.1 Å². The summed E-state index contributed by atoms with van der Waals surface area (Å²) in [5, 5.41) is 0. The van der Waals surface area contributed by atoms with Crippen LogP contribution in [0.3, 0.4) is 0 Å². The highest BCUT2D eigenvalue weighted by molar-refractivity contribution is 7.89. The molecule has 2 heterocycles. The highest BCUT2D eigenvalue weighted by Gasteiger charge is 2.28. The Balaban J connectivity index is 1.30. The van der Waals surface area contributed by atoms with Crippen molar-refractivity contribution in [2.45, 2.75) is 24.4 Å². The van der Waals surface area contributed by atoms with Gasteiger partial charge in [0.15, 0.2) is 11.5 Å². The first-order chi connectivity index (χ1) is 14.8. The van der Waals surface area contributed by atoms with E-state index in [0.717, 1.165) is 35.7 Å². The number of sulfonamides is 1. The van der Waals surface area contributed by atoms with E-state index in [0.29, 0.717) is 26.2 Å². The summed E-state index contributed by atoms with van der Waals surface area (Å²) in [6.07, 6.45) is 0. The number of rotatable bonds is 6. The molecule has 166 valence electrons. The summed E-state index contributed by atoms with van der Waals surface area (Å²) in [5.74, 6) is 0.680. The Kier molecular flexibility index (Phi) is 6.12. The number of ether oxygens (including phenoxy) is 2. The van der Waals surface area contributed by atoms with Crippen LogP contribution in [-0.4, -0.2) is 63.1 Å². The van der Waals surface area contributed by atoms with Crippen molar-refractivity contribution >= 4 is 15.9 Å². The second kappa shape index (κ2) is 8.81. The normalized spacial score (nSPS) is 17.5. The number of carbonyl (C=O) groups excluding carboxylic acids is 1. The van der Waals surface area contributed by atoms with Gasteiger partial charge in [0.05, 0.1) is 10.9 Å². The fourth-order valence-corrected chi connectivity index (χ4v) is 4.86. The monoisotopic (exact) mass is 449 g/mol. The second-order valence-electron chi connectivity index (χ2n) is 7.59. The number of halogens is 1. The third-order valence-corrected chi connectivity index (χ3v) is 6.91. The minimum atomic E-state index is -3.91. The Morgan fingerprint density at radius 3 is 2.45 bits per heavy atom. The Morgan fingerprint density at radius 1 is 1.06 bits per heavy atom. The van der Waals surface area contributed by atoms with Gasteiger partial charge in [0.1, 0.15) is 5.82 Å². The molecule has 1 fully saturated rings. The van der Waals surface area contributed by atoms with Crippen molar-refractivity contribution in [3.8, 4) is 11.5 Å². The number of amides is 1. The molecular formula is C21H24FN3O5S. The fourth-order valence-electron chi connectivity index (χ4n) is 3.66. The van der Waals surface area contributed by atoms with Crippen LogP contribution in [0.5, 0.6) is 11.5 Å². The highest BCUT2D eigenvalue weighted by Crippen LogP contribution is 2.32. The Bertz CT molecular complexity index is 1050. The average molecular weight is 450 g/mol. The molecule has 0 unspecified atom stereocenters. The summed E-state index contributed by atoms with van der Waals surface area (Å²) >= 11 is 0. The van der Waals surface area contributed by atoms with Crippen molar-refractivity contribution in [1.82, 2.24) is 14.5 Å². The summed E-state index contributed by atoms with van der Waals surface area (Å²) in [6.45, 7) is 4.85. The van der Waals surface area contributed by atoms with Crippen LogP contribution in [0.4, 0.5) is 4.39 Å². The molecular weight excluding hydrogens is 425 g/mol. The minimum Gasteiger partial charge on any atom is -0.454 e. The smallest absolute Gasteiger partial charge is 0.241 e. The first-order valence-electron chi connectivity index (χ1n) is 9.99. The van der Waals surface area contributed by atoms with Crippen molar-refractivity contribution in [2.75, 3.05) is 33.0 Å². The number of nitrogens with one attached hydrogen (secondary N) is 1. The van der Waals surface area contributed by atoms with Gasteiger partial charge < -0.3 is 14.4 Å². The van der Waals surface area contributed by atoms with Crippen molar-refractivity contribution in [3.63, 3.8) is 0 Å². The number of fused-ring (bicyclic) bond motifs is 1. The number of carbonyl (C=O) groups is 1. The predicted molar refractivity (Wildman–Crippen MR) is 111 cm³/mol. The molecule has 0 aromatic heterocycles. The molecule has 0 spiro atoms. The molecule has 1 N–H and O–H groups in total. The van der Waals surface area contributed by atoms with Crippen LogP contribution in [0.2, 0.25) is 0 Å². The second-order valence-corrected chi connectivity index (χ2v) is 9.30. The molecule has 0 saturated carbocycles. The van der Waals surface area contributed by atoms with Gasteiger partial charge in [-0.05, 0) is 48.9 Å². The van der Waals surface area contributed by atoms with Crippen molar-refractivity contribution in [2.24, 2.45) is 0 Å². The maximum absolute atomic E-state index is 13.0. The zero-order chi connectivity index (χ0) is 22.0. The molecule has 2 aromatic rings. The number of nitrogens with zero attached hydrogens (tertiary/aromatic N) is 2. The van der Waals surface area contributed by atoms with Gasteiger partial charge in [-0.1, -0.05) is 6.07 Å². The van der Waals surface area contributed by atoms with Gasteiger partial charge in [0.25, 0.3) is 0 Å². The lowest BCUT2D eigenvalue weighted by Crippen LogP contribution is -2.53. The van der Waals surface area contributed by atoms with E-state index in [1.807, 2.05) is 18.2 Å². The number of piperazine rings is 1. The molecule has 2 aromatic carbocycles. The molecule has 1 amide bonds. The van der Waals surface area contributed by atoms with E-state index in [9.17, 15) is 17.6 Å². The van der Waals surface area contributed by atoms with E-state index in [2.05, 4.69) is 9.62 Å². The van der Waals surface area contributed by atoms with E-state index in [4.69, 9.17) is 9.47 Å². The molecule has 2 aliphatic rings. The van der Waals surface area contributed by atoms with E-state index in [1.54, 1.807) is 4.90 Å². The minimum absolute atomic E-state index is 0.0814. The quantitative estimate of drug-likeness (QED) is 0.720. The Morgan fingerprint density at radius 2 is 1.74 bits per heavy atom. The third-order valence-electron chi connectivity index (χ3n) is 5.35. The molecule has 1 atom stereocenters. The third kappa shape index (κ3) is 4.97. The van der Waals surface area contributed by atoms with Gasteiger partial charge in [-0.25, -0.2) is 12.8 Å². The molecule has 0 bridgehead atoms. The Labute approximate surface area is 180 Å². The van der Waals surface area contributed by atoms with E-state index < -0.39 is 21.9 Å². The molecule has 1 saturated heterocycles. The van der Waals surface area contributed by atoms with Gasteiger partial charge in [0.2, 0.25) is 22.7 Å². The van der Waals surface area contributed by atoms with Gasteiger partial charge in [-0.2, -0.15) is 4.72 Å². The summed E-state index contributed by atoms with van der Waals surface area (Å²) in [4.78, 5) is 16.6. The number of hydrogen-bond donors (Lipinski definition) is 1. The molecule has 0 aliphatic carbocycles. The van der Waals surface area contributed by atoms with Gasteiger partial charge in [-0.15, -0.1) is 0 Å². The summed E-state index contributed by atoms with van der Waals surface area (Å²) in [7, 11) is -3.91. The Hall–Kier alpha value is -2.69. The van der Waals surface area contributed by atoms with Crippen LogP contribution in [0.15, 0.2) is 47.4 Å². The standard InChI is InChI=1S/C21H24FN3O5S/c1-15(23-31(27,28)18-5-3-17(22)4-6-18)21(26)25-10-8-24(9-11-25)13-16-2-7-19-20(12-16)30-14-29-19/h2-7,12,15,23H,8-11,13-14H2,1H3/t15-/m1/s1. The molecule has 8 nitrogen and oxygen atoms in total. The lowest BCUT2D eigenvalue weighted by molar-refractivity contribution is -0.134. The molecule has 2 aliphatic heterocycles. The van der Waals surface area contributed by atoms with E-state index in [-0.39, 0.29) is 17.6 Å². The average Bonchev–Trinajstić information content (AvgIpc) is 3.22. The van der Waals surface area contributed by atoms with Crippen LogP contribution in [-0.2, 0) is 21.4 Å².